The van der Waals surface area contributed by atoms with E-state index in [4.69, 9.17) is 5.73 Å². The Bertz CT molecular complexity index is 1030. The van der Waals surface area contributed by atoms with Crippen LogP contribution in [0.5, 0.6) is 0 Å². The van der Waals surface area contributed by atoms with Crippen molar-refractivity contribution in [2.24, 2.45) is 0 Å². The SMILES string of the molecule is CC.CN(CCc1ccccc1)c1ccnc2[nH]cc(-c3ccnc(N)n3)c12. The summed E-state index contributed by atoms with van der Waals surface area (Å²) in [5, 5.41) is 1.04. The average Bonchev–Trinajstić information content (AvgIpc) is 3.18. The molecule has 0 aliphatic heterocycles. The lowest BCUT2D eigenvalue weighted by molar-refractivity contribution is 0.879. The van der Waals surface area contributed by atoms with Crippen molar-refractivity contribution in [1.29, 1.82) is 0 Å². The summed E-state index contributed by atoms with van der Waals surface area (Å²) in [5.41, 5.74) is 10.8. The molecule has 0 saturated heterocycles. The Kier molecular flexibility index (Phi) is 6.22. The first-order chi connectivity index (χ1) is 13.7. The molecule has 0 aliphatic rings. The number of rotatable bonds is 5. The molecular weight excluding hydrogens is 348 g/mol. The second-order valence-corrected chi connectivity index (χ2v) is 6.21. The number of nitrogens with two attached hydrogens (primary N) is 1. The van der Waals surface area contributed by atoms with Crippen molar-refractivity contribution in [3.8, 4) is 11.3 Å². The van der Waals surface area contributed by atoms with Crippen molar-refractivity contribution < 1.29 is 0 Å². The largest absolute Gasteiger partial charge is 0.374 e. The van der Waals surface area contributed by atoms with E-state index in [9.17, 15) is 0 Å². The predicted octanol–water partition coefficient (Wildman–Crippen LogP) is 4.31. The molecule has 4 aromatic rings. The van der Waals surface area contributed by atoms with Gasteiger partial charge in [-0.05, 0) is 24.1 Å². The highest BCUT2D eigenvalue weighted by Crippen LogP contribution is 2.33. The lowest BCUT2D eigenvalue weighted by Gasteiger charge is -2.20. The summed E-state index contributed by atoms with van der Waals surface area (Å²) in [6.07, 6.45) is 6.40. The van der Waals surface area contributed by atoms with Crippen LogP contribution in [0.1, 0.15) is 19.4 Å². The molecule has 0 fully saturated rings. The fourth-order valence-electron chi connectivity index (χ4n) is 3.15. The number of nitrogen functional groups attached to an aromatic ring is 1. The zero-order valence-corrected chi connectivity index (χ0v) is 16.6. The maximum atomic E-state index is 5.76. The van der Waals surface area contributed by atoms with Crippen molar-refractivity contribution in [2.75, 3.05) is 24.2 Å². The molecule has 0 saturated carbocycles. The normalized spacial score (nSPS) is 10.4. The zero-order chi connectivity index (χ0) is 19.9. The number of nitrogens with zero attached hydrogens (tertiary/aromatic N) is 4. The first-order valence-corrected chi connectivity index (χ1v) is 9.52. The Hall–Kier alpha value is -3.41. The van der Waals surface area contributed by atoms with Gasteiger partial charge in [0, 0.05) is 43.4 Å². The summed E-state index contributed by atoms with van der Waals surface area (Å²) in [4.78, 5) is 18.3. The van der Waals surface area contributed by atoms with E-state index < -0.39 is 0 Å². The van der Waals surface area contributed by atoms with Gasteiger partial charge < -0.3 is 15.6 Å². The summed E-state index contributed by atoms with van der Waals surface area (Å²) in [5.74, 6) is 0.264. The Morgan fingerprint density at radius 2 is 1.75 bits per heavy atom. The molecule has 3 heterocycles. The van der Waals surface area contributed by atoms with Crippen LogP contribution in [0.2, 0.25) is 0 Å². The maximum absolute atomic E-state index is 5.76. The molecule has 0 aliphatic carbocycles. The molecule has 6 nitrogen and oxygen atoms in total. The van der Waals surface area contributed by atoms with Gasteiger partial charge in [-0.15, -0.1) is 0 Å². The molecule has 1 aromatic carbocycles. The van der Waals surface area contributed by atoms with Gasteiger partial charge in [-0.2, -0.15) is 0 Å². The Morgan fingerprint density at radius 1 is 1.00 bits per heavy atom. The Balaban J connectivity index is 0.00000109. The lowest BCUT2D eigenvalue weighted by Crippen LogP contribution is -2.20. The third-order valence-corrected chi connectivity index (χ3v) is 4.49. The van der Waals surface area contributed by atoms with Crippen molar-refractivity contribution >= 4 is 22.7 Å². The molecule has 0 atom stereocenters. The van der Waals surface area contributed by atoms with Crippen molar-refractivity contribution in [3.63, 3.8) is 0 Å². The molecule has 0 unspecified atom stereocenters. The van der Waals surface area contributed by atoms with Gasteiger partial charge in [0.2, 0.25) is 5.95 Å². The zero-order valence-electron chi connectivity index (χ0n) is 16.6. The minimum Gasteiger partial charge on any atom is -0.374 e. The molecular formula is C22H26N6. The summed E-state index contributed by atoms with van der Waals surface area (Å²) in [7, 11) is 2.10. The van der Waals surface area contributed by atoms with Gasteiger partial charge in [0.05, 0.1) is 11.1 Å². The number of nitrogens with one attached hydrogen (secondary N) is 1. The number of aromatic amines is 1. The number of benzene rings is 1. The molecule has 6 heteroatoms. The van der Waals surface area contributed by atoms with Gasteiger partial charge in [-0.3, -0.25) is 0 Å². The number of anilines is 2. The molecule has 28 heavy (non-hydrogen) atoms. The fourth-order valence-corrected chi connectivity index (χ4v) is 3.15. The minimum absolute atomic E-state index is 0.264. The molecule has 0 bridgehead atoms. The predicted molar refractivity (Wildman–Crippen MR) is 116 cm³/mol. The van der Waals surface area contributed by atoms with Crippen LogP contribution in [0.4, 0.5) is 11.6 Å². The number of fused-ring (bicyclic) bond motifs is 1. The van der Waals surface area contributed by atoms with E-state index in [1.165, 1.54) is 5.56 Å². The van der Waals surface area contributed by atoms with Crippen LogP contribution in [0.25, 0.3) is 22.3 Å². The molecule has 3 aromatic heterocycles. The van der Waals surface area contributed by atoms with Gasteiger partial charge in [0.25, 0.3) is 0 Å². The van der Waals surface area contributed by atoms with E-state index in [0.717, 1.165) is 40.9 Å². The van der Waals surface area contributed by atoms with Crippen LogP contribution in [0.3, 0.4) is 0 Å². The van der Waals surface area contributed by atoms with E-state index in [0.29, 0.717) is 0 Å². The highest BCUT2D eigenvalue weighted by atomic mass is 15.1. The number of aromatic nitrogens is 4. The Labute approximate surface area is 165 Å². The fraction of sp³-hybridized carbons (Fsp3) is 0.227. The smallest absolute Gasteiger partial charge is 0.220 e. The van der Waals surface area contributed by atoms with E-state index in [-0.39, 0.29) is 5.95 Å². The molecule has 0 radical (unpaired) electrons. The molecule has 3 N–H and O–H groups in total. The second-order valence-electron chi connectivity index (χ2n) is 6.21. The topological polar surface area (TPSA) is 83.7 Å². The van der Waals surface area contributed by atoms with Gasteiger partial charge in [0.1, 0.15) is 5.65 Å². The number of hydrogen-bond acceptors (Lipinski definition) is 5. The molecule has 0 amide bonds. The first-order valence-electron chi connectivity index (χ1n) is 9.52. The summed E-state index contributed by atoms with van der Waals surface area (Å²) in [6, 6.07) is 14.4. The maximum Gasteiger partial charge on any atom is 0.220 e. The van der Waals surface area contributed by atoms with Crippen LogP contribution in [-0.2, 0) is 6.42 Å². The van der Waals surface area contributed by atoms with Crippen molar-refractivity contribution in [1.82, 2.24) is 19.9 Å². The van der Waals surface area contributed by atoms with Gasteiger partial charge in [-0.1, -0.05) is 44.2 Å². The summed E-state index contributed by atoms with van der Waals surface area (Å²) < 4.78 is 0. The van der Waals surface area contributed by atoms with E-state index in [1.54, 1.807) is 6.20 Å². The van der Waals surface area contributed by atoms with Gasteiger partial charge in [0.15, 0.2) is 0 Å². The number of hydrogen-bond donors (Lipinski definition) is 2. The molecule has 144 valence electrons. The first kappa shape index (κ1) is 19.4. The number of pyridine rings is 1. The quantitative estimate of drug-likeness (QED) is 0.544. The van der Waals surface area contributed by atoms with Crippen molar-refractivity contribution in [2.45, 2.75) is 20.3 Å². The van der Waals surface area contributed by atoms with E-state index in [1.807, 2.05) is 44.4 Å². The van der Waals surface area contributed by atoms with Gasteiger partial charge >= 0.3 is 0 Å². The van der Waals surface area contributed by atoms with Crippen molar-refractivity contribution in [3.05, 3.63) is 66.6 Å². The third-order valence-electron chi connectivity index (χ3n) is 4.49. The monoisotopic (exact) mass is 374 g/mol. The summed E-state index contributed by atoms with van der Waals surface area (Å²) >= 11 is 0. The highest BCUT2D eigenvalue weighted by Gasteiger charge is 2.15. The minimum atomic E-state index is 0.264. The van der Waals surface area contributed by atoms with Crippen LogP contribution in [0.15, 0.2) is 61.1 Å². The number of H-pyrrole nitrogens is 1. The summed E-state index contributed by atoms with van der Waals surface area (Å²) in [6.45, 7) is 4.90. The van der Waals surface area contributed by atoms with Crippen LogP contribution in [-0.4, -0.2) is 33.5 Å². The van der Waals surface area contributed by atoms with Crippen LogP contribution < -0.4 is 10.6 Å². The van der Waals surface area contributed by atoms with Crippen LogP contribution >= 0.6 is 0 Å². The van der Waals surface area contributed by atoms with Gasteiger partial charge in [-0.25, -0.2) is 15.0 Å². The standard InChI is InChI=1S/C20H20N6.C2H6/c1-26(12-9-14-5-3-2-4-6-14)17-8-11-22-19-18(17)15(13-24-19)16-7-10-23-20(21)25-16;1-2/h2-8,10-11,13H,9,12H2,1H3,(H,22,24)(H2,21,23,25);1-2H3. The lowest BCUT2D eigenvalue weighted by atomic mass is 10.1. The average molecular weight is 374 g/mol. The van der Waals surface area contributed by atoms with E-state index >= 15 is 0 Å². The Morgan fingerprint density at radius 3 is 2.50 bits per heavy atom. The van der Waals surface area contributed by atoms with E-state index in [2.05, 4.69) is 56.1 Å². The van der Waals surface area contributed by atoms with Crippen LogP contribution in [0, 0.1) is 0 Å². The molecule has 4 rings (SSSR count). The highest BCUT2D eigenvalue weighted by molar-refractivity contribution is 6.01. The molecule has 0 spiro atoms. The third kappa shape index (κ3) is 4.11. The second kappa shape index (κ2) is 8.99. The number of likely N-dealkylation sites (N-methyl/N-ethyl adjacent to an activating group) is 1.